The van der Waals surface area contributed by atoms with Gasteiger partial charge in [0.2, 0.25) is 0 Å². The van der Waals surface area contributed by atoms with Gasteiger partial charge in [-0.25, -0.2) is 0 Å². The van der Waals surface area contributed by atoms with Crippen molar-refractivity contribution in [3.63, 3.8) is 0 Å². The van der Waals surface area contributed by atoms with Gasteiger partial charge in [-0.3, -0.25) is 9.48 Å². The fraction of sp³-hybridized carbons (Fsp3) is 0.286. The van der Waals surface area contributed by atoms with Crippen molar-refractivity contribution in [1.29, 1.82) is 0 Å². The third kappa shape index (κ3) is 3.20. The van der Waals surface area contributed by atoms with Crippen molar-refractivity contribution in [1.82, 2.24) is 9.78 Å². The predicted molar refractivity (Wildman–Crippen MR) is 72.7 cm³/mol. The molecule has 0 fully saturated rings. The van der Waals surface area contributed by atoms with Gasteiger partial charge in [0.15, 0.2) is 0 Å². The van der Waals surface area contributed by atoms with E-state index in [2.05, 4.69) is 5.10 Å². The Labute approximate surface area is 111 Å². The van der Waals surface area contributed by atoms with Crippen LogP contribution in [0, 0.1) is 0 Å². The van der Waals surface area contributed by atoms with Crippen molar-refractivity contribution in [3.05, 3.63) is 42.2 Å². The number of carbonyl (C=O) groups is 1. The van der Waals surface area contributed by atoms with E-state index in [1.807, 2.05) is 48.3 Å². The van der Waals surface area contributed by atoms with Crippen LogP contribution in [0.1, 0.15) is 12.5 Å². The van der Waals surface area contributed by atoms with Crippen LogP contribution in [0.4, 0.5) is 0 Å². The second kappa shape index (κ2) is 5.67. The molecule has 0 amide bonds. The van der Waals surface area contributed by atoms with Crippen molar-refractivity contribution in [2.45, 2.75) is 25.9 Å². The molecular weight excluding hydrogens is 242 g/mol. The summed E-state index contributed by atoms with van der Waals surface area (Å²) in [4.78, 5) is 10.7. The molecule has 5 nitrogen and oxygen atoms in total. The highest BCUT2D eigenvalue weighted by Gasteiger charge is 2.12. The summed E-state index contributed by atoms with van der Waals surface area (Å²) >= 11 is 0. The molecule has 1 atom stereocenters. The predicted octanol–water partition coefficient (Wildman–Crippen LogP) is 1.52. The topological polar surface area (TPSA) is 81.1 Å². The highest BCUT2D eigenvalue weighted by atomic mass is 16.4. The number of hydrogen-bond acceptors (Lipinski definition) is 3. The van der Waals surface area contributed by atoms with E-state index in [-0.39, 0.29) is 0 Å². The van der Waals surface area contributed by atoms with Gasteiger partial charge in [0.25, 0.3) is 0 Å². The minimum absolute atomic E-state index is 0.337. The van der Waals surface area contributed by atoms with E-state index >= 15 is 0 Å². The molecule has 1 aromatic heterocycles. The first kappa shape index (κ1) is 13.3. The van der Waals surface area contributed by atoms with Crippen molar-refractivity contribution in [2.24, 2.45) is 5.73 Å². The quantitative estimate of drug-likeness (QED) is 0.853. The van der Waals surface area contributed by atoms with Crippen LogP contribution in [0.2, 0.25) is 0 Å². The molecule has 0 aliphatic rings. The molecule has 0 aliphatic carbocycles. The van der Waals surface area contributed by atoms with E-state index in [0.717, 1.165) is 23.2 Å². The Balaban J connectivity index is 2.12. The molecule has 0 saturated heterocycles. The number of hydrogen-bond donors (Lipinski definition) is 2. The Hall–Kier alpha value is -2.14. The molecule has 0 spiro atoms. The fourth-order valence-corrected chi connectivity index (χ4v) is 1.86. The molecule has 19 heavy (non-hydrogen) atoms. The number of carboxylic acids is 1. The summed E-state index contributed by atoms with van der Waals surface area (Å²) in [6.45, 7) is 2.87. The van der Waals surface area contributed by atoms with Gasteiger partial charge in [-0.1, -0.05) is 24.3 Å². The van der Waals surface area contributed by atoms with E-state index < -0.39 is 12.0 Å². The molecule has 0 radical (unpaired) electrons. The minimum atomic E-state index is -0.978. The summed E-state index contributed by atoms with van der Waals surface area (Å²) in [5.41, 5.74) is 8.54. The van der Waals surface area contributed by atoms with Gasteiger partial charge in [0, 0.05) is 18.3 Å². The zero-order valence-corrected chi connectivity index (χ0v) is 10.8. The van der Waals surface area contributed by atoms with Crippen molar-refractivity contribution in [3.8, 4) is 11.1 Å². The molecule has 1 heterocycles. The third-order valence-corrected chi connectivity index (χ3v) is 3.02. The number of aryl methyl sites for hydroxylation is 1. The molecule has 100 valence electrons. The Morgan fingerprint density at radius 3 is 2.58 bits per heavy atom. The lowest BCUT2D eigenvalue weighted by Gasteiger charge is -2.06. The summed E-state index contributed by atoms with van der Waals surface area (Å²) in [5, 5.41) is 13.0. The van der Waals surface area contributed by atoms with Gasteiger partial charge in [0.05, 0.1) is 6.20 Å². The molecule has 0 bridgehead atoms. The van der Waals surface area contributed by atoms with Crippen LogP contribution in [0.25, 0.3) is 11.1 Å². The highest BCUT2D eigenvalue weighted by Crippen LogP contribution is 2.19. The van der Waals surface area contributed by atoms with Gasteiger partial charge in [-0.2, -0.15) is 5.10 Å². The number of nitrogens with two attached hydrogens (primary N) is 1. The van der Waals surface area contributed by atoms with Crippen LogP contribution >= 0.6 is 0 Å². The van der Waals surface area contributed by atoms with Crippen LogP contribution in [-0.4, -0.2) is 26.9 Å². The molecule has 0 aliphatic heterocycles. The Morgan fingerprint density at radius 1 is 1.37 bits per heavy atom. The number of aromatic nitrogens is 2. The van der Waals surface area contributed by atoms with Gasteiger partial charge in [-0.05, 0) is 24.5 Å². The average molecular weight is 259 g/mol. The second-order valence-electron chi connectivity index (χ2n) is 4.43. The fourth-order valence-electron chi connectivity index (χ4n) is 1.86. The average Bonchev–Trinajstić information content (AvgIpc) is 2.88. The standard InChI is InChI=1S/C14H17N3O2/c1-2-17-9-12(8-16-17)11-5-3-10(4-6-11)7-13(15)14(18)19/h3-6,8-9,13H,2,7,15H2,1H3,(H,18,19)/t13-/m0/s1. The smallest absolute Gasteiger partial charge is 0.320 e. The number of aliphatic carboxylic acids is 1. The first-order chi connectivity index (χ1) is 9.10. The lowest BCUT2D eigenvalue weighted by Crippen LogP contribution is -2.32. The zero-order chi connectivity index (χ0) is 13.8. The van der Waals surface area contributed by atoms with Crippen LogP contribution in [0.5, 0.6) is 0 Å². The lowest BCUT2D eigenvalue weighted by molar-refractivity contribution is -0.138. The maximum atomic E-state index is 10.7. The summed E-state index contributed by atoms with van der Waals surface area (Å²) in [7, 11) is 0. The lowest BCUT2D eigenvalue weighted by atomic mass is 10.0. The third-order valence-electron chi connectivity index (χ3n) is 3.02. The van der Waals surface area contributed by atoms with Crippen molar-refractivity contribution >= 4 is 5.97 Å². The van der Waals surface area contributed by atoms with Gasteiger partial charge in [-0.15, -0.1) is 0 Å². The monoisotopic (exact) mass is 259 g/mol. The normalized spacial score (nSPS) is 12.3. The zero-order valence-electron chi connectivity index (χ0n) is 10.8. The first-order valence-electron chi connectivity index (χ1n) is 6.20. The van der Waals surface area contributed by atoms with Crippen molar-refractivity contribution in [2.75, 3.05) is 0 Å². The summed E-state index contributed by atoms with van der Waals surface area (Å²) in [6, 6.07) is 6.87. The molecule has 0 unspecified atom stereocenters. The number of benzene rings is 1. The highest BCUT2D eigenvalue weighted by molar-refractivity contribution is 5.73. The first-order valence-corrected chi connectivity index (χ1v) is 6.20. The van der Waals surface area contributed by atoms with Gasteiger partial charge >= 0.3 is 5.97 Å². The maximum Gasteiger partial charge on any atom is 0.320 e. The van der Waals surface area contributed by atoms with E-state index in [1.54, 1.807) is 0 Å². The summed E-state index contributed by atoms with van der Waals surface area (Å²) in [6.07, 6.45) is 4.14. The molecule has 2 aromatic rings. The van der Waals surface area contributed by atoms with Crippen LogP contribution in [0.3, 0.4) is 0 Å². The van der Waals surface area contributed by atoms with E-state index in [4.69, 9.17) is 10.8 Å². The van der Waals surface area contributed by atoms with Crippen LogP contribution in [-0.2, 0) is 17.8 Å². The van der Waals surface area contributed by atoms with Gasteiger partial charge in [0.1, 0.15) is 6.04 Å². The van der Waals surface area contributed by atoms with E-state index in [9.17, 15) is 4.79 Å². The molecule has 5 heteroatoms. The Morgan fingerprint density at radius 2 is 2.05 bits per heavy atom. The number of rotatable bonds is 5. The molecule has 0 saturated carbocycles. The Bertz CT molecular complexity index is 560. The molecule has 3 N–H and O–H groups in total. The largest absolute Gasteiger partial charge is 0.480 e. The van der Waals surface area contributed by atoms with Crippen molar-refractivity contribution < 1.29 is 9.90 Å². The minimum Gasteiger partial charge on any atom is -0.480 e. The summed E-state index contributed by atoms with van der Waals surface area (Å²) in [5.74, 6) is -0.978. The number of nitrogens with zero attached hydrogens (tertiary/aromatic N) is 2. The van der Waals surface area contributed by atoms with Crippen LogP contribution < -0.4 is 5.73 Å². The van der Waals surface area contributed by atoms with Gasteiger partial charge < -0.3 is 10.8 Å². The maximum absolute atomic E-state index is 10.7. The SMILES string of the molecule is CCn1cc(-c2ccc(C[C@H](N)C(=O)O)cc2)cn1. The van der Waals surface area contributed by atoms with E-state index in [1.165, 1.54) is 0 Å². The number of carboxylic acid groups (broad SMARTS) is 1. The molecular formula is C14H17N3O2. The molecule has 2 rings (SSSR count). The van der Waals surface area contributed by atoms with E-state index in [0.29, 0.717) is 6.42 Å². The summed E-state index contributed by atoms with van der Waals surface area (Å²) < 4.78 is 1.86. The second-order valence-corrected chi connectivity index (χ2v) is 4.43. The van der Waals surface area contributed by atoms with Crippen LogP contribution in [0.15, 0.2) is 36.7 Å². The molecule has 1 aromatic carbocycles. The Kier molecular flexibility index (Phi) is 3.97.